The van der Waals surface area contributed by atoms with Crippen molar-refractivity contribution in [3.63, 3.8) is 0 Å². The number of halogens is 1. The van der Waals surface area contributed by atoms with Gasteiger partial charge in [0.2, 0.25) is 0 Å². The highest BCUT2D eigenvalue weighted by atomic mass is 19.1. The van der Waals surface area contributed by atoms with E-state index in [0.29, 0.717) is 12.2 Å². The summed E-state index contributed by atoms with van der Waals surface area (Å²) in [6, 6.07) is 12.9. The Morgan fingerprint density at radius 2 is 1.97 bits per heavy atom. The number of benzene rings is 2. The lowest BCUT2D eigenvalue weighted by Gasteiger charge is -2.42. The zero-order valence-corrected chi connectivity index (χ0v) is 17.3. The van der Waals surface area contributed by atoms with Crippen LogP contribution in [0.3, 0.4) is 0 Å². The van der Waals surface area contributed by atoms with Gasteiger partial charge >= 0.3 is 0 Å². The molecule has 1 atom stereocenters. The summed E-state index contributed by atoms with van der Waals surface area (Å²) in [6.07, 6.45) is 2.81. The van der Waals surface area contributed by atoms with E-state index in [1.54, 1.807) is 17.0 Å². The molecular weight excluding hydrogens is 367 g/mol. The lowest BCUT2D eigenvalue weighted by molar-refractivity contribution is -0.140. The summed E-state index contributed by atoms with van der Waals surface area (Å²) in [4.78, 5) is 16.6. The fraction of sp³-hybridized carbons (Fsp3) is 0.458. The number of hydrogen-bond acceptors (Lipinski definition) is 3. The van der Waals surface area contributed by atoms with Gasteiger partial charge in [-0.2, -0.15) is 0 Å². The van der Waals surface area contributed by atoms with Crippen LogP contribution in [0.2, 0.25) is 0 Å². The van der Waals surface area contributed by atoms with Gasteiger partial charge in [-0.05, 0) is 69.0 Å². The summed E-state index contributed by atoms with van der Waals surface area (Å²) in [5, 5.41) is 0. The first-order valence-electron chi connectivity index (χ1n) is 10.4. The van der Waals surface area contributed by atoms with Crippen molar-refractivity contribution in [2.75, 3.05) is 31.1 Å². The lowest BCUT2D eigenvalue weighted by Crippen LogP contribution is -2.55. The number of hydrogen-bond donors (Lipinski definition) is 0. The van der Waals surface area contributed by atoms with E-state index in [-0.39, 0.29) is 23.9 Å². The van der Waals surface area contributed by atoms with Gasteiger partial charge in [0.05, 0.1) is 12.1 Å². The van der Waals surface area contributed by atoms with Crippen LogP contribution in [0.5, 0.6) is 0 Å². The number of likely N-dealkylation sites (tertiary alicyclic amines) is 1. The molecule has 1 spiro atoms. The van der Waals surface area contributed by atoms with Crippen LogP contribution in [0.1, 0.15) is 36.0 Å². The quantitative estimate of drug-likeness (QED) is 0.778. The van der Waals surface area contributed by atoms with E-state index in [1.165, 1.54) is 28.8 Å². The van der Waals surface area contributed by atoms with Crippen LogP contribution in [-0.2, 0) is 16.1 Å². The van der Waals surface area contributed by atoms with Crippen LogP contribution in [-0.4, -0.2) is 42.6 Å². The second-order valence-electron chi connectivity index (χ2n) is 8.49. The van der Waals surface area contributed by atoms with E-state index in [1.807, 2.05) is 0 Å². The third-order valence-corrected chi connectivity index (χ3v) is 6.25. The summed E-state index contributed by atoms with van der Waals surface area (Å²) in [7, 11) is 0. The van der Waals surface area contributed by atoms with Crippen molar-refractivity contribution in [2.45, 2.75) is 45.3 Å². The number of nitrogens with zero attached hydrogens (tertiary/aromatic N) is 2. The maximum atomic E-state index is 13.7. The normalized spacial score (nSPS) is 23.4. The van der Waals surface area contributed by atoms with Gasteiger partial charge in [-0.1, -0.05) is 29.8 Å². The standard InChI is InChI=1S/C24H29FN2O2/c1-18-7-8-20(19(2)13-18)15-26-11-4-9-24(10-12-26)17-27(23(28)16-29-24)22-6-3-5-21(25)14-22/h3,5-8,13-14H,4,9-12,15-17H2,1-2H3. The van der Waals surface area contributed by atoms with Crippen LogP contribution in [0.15, 0.2) is 42.5 Å². The number of anilines is 1. The molecule has 0 bridgehead atoms. The topological polar surface area (TPSA) is 32.8 Å². The molecule has 2 saturated heterocycles. The van der Waals surface area contributed by atoms with Crippen molar-refractivity contribution in [1.29, 1.82) is 0 Å². The van der Waals surface area contributed by atoms with E-state index < -0.39 is 0 Å². The average molecular weight is 397 g/mol. The van der Waals surface area contributed by atoms with Gasteiger partial charge in [0, 0.05) is 18.8 Å². The molecule has 2 aliphatic heterocycles. The van der Waals surface area contributed by atoms with Crippen molar-refractivity contribution in [2.24, 2.45) is 0 Å². The molecule has 4 nitrogen and oxygen atoms in total. The smallest absolute Gasteiger partial charge is 0.253 e. The molecule has 29 heavy (non-hydrogen) atoms. The third kappa shape index (κ3) is 4.51. The Labute approximate surface area is 172 Å². The molecular formula is C24H29FN2O2. The van der Waals surface area contributed by atoms with Gasteiger partial charge in [-0.3, -0.25) is 9.69 Å². The maximum absolute atomic E-state index is 13.7. The molecule has 2 fully saturated rings. The monoisotopic (exact) mass is 396 g/mol. The molecule has 154 valence electrons. The SMILES string of the molecule is Cc1ccc(CN2CCCC3(CC2)CN(c2cccc(F)c2)C(=O)CO3)c(C)c1. The fourth-order valence-corrected chi connectivity index (χ4v) is 4.54. The van der Waals surface area contributed by atoms with Crippen molar-refractivity contribution in [3.05, 3.63) is 65.0 Å². The minimum Gasteiger partial charge on any atom is -0.363 e. The zero-order valence-electron chi connectivity index (χ0n) is 17.3. The van der Waals surface area contributed by atoms with Crippen molar-refractivity contribution in [3.8, 4) is 0 Å². The Kier molecular flexibility index (Phi) is 5.70. The molecule has 0 aliphatic carbocycles. The lowest BCUT2D eigenvalue weighted by atomic mass is 9.92. The van der Waals surface area contributed by atoms with Crippen molar-refractivity contribution in [1.82, 2.24) is 4.90 Å². The highest BCUT2D eigenvalue weighted by Gasteiger charge is 2.41. The number of carbonyl (C=O) groups is 1. The Balaban J connectivity index is 1.46. The molecule has 5 heteroatoms. The Morgan fingerprint density at radius 3 is 2.76 bits per heavy atom. The van der Waals surface area contributed by atoms with Gasteiger partial charge in [0.25, 0.3) is 5.91 Å². The first-order chi connectivity index (χ1) is 13.9. The van der Waals surface area contributed by atoms with E-state index in [2.05, 4.69) is 36.9 Å². The number of ether oxygens (including phenoxy) is 1. The summed E-state index contributed by atoms with van der Waals surface area (Å²) < 4.78 is 19.8. The number of morpholine rings is 1. The van der Waals surface area contributed by atoms with Crippen molar-refractivity contribution < 1.29 is 13.9 Å². The van der Waals surface area contributed by atoms with Crippen LogP contribution in [0.25, 0.3) is 0 Å². The van der Waals surface area contributed by atoms with E-state index in [4.69, 9.17) is 4.74 Å². The van der Waals surface area contributed by atoms with Gasteiger partial charge in [0.15, 0.2) is 0 Å². The van der Waals surface area contributed by atoms with Crippen LogP contribution >= 0.6 is 0 Å². The highest BCUT2D eigenvalue weighted by molar-refractivity contribution is 5.95. The second-order valence-corrected chi connectivity index (χ2v) is 8.49. The minimum absolute atomic E-state index is 0.0631. The molecule has 1 amide bonds. The molecule has 1 unspecified atom stereocenters. The van der Waals surface area contributed by atoms with Crippen LogP contribution in [0.4, 0.5) is 10.1 Å². The molecule has 0 saturated carbocycles. The van der Waals surface area contributed by atoms with E-state index in [9.17, 15) is 9.18 Å². The van der Waals surface area contributed by atoms with Gasteiger partial charge in [-0.25, -0.2) is 4.39 Å². The van der Waals surface area contributed by atoms with Crippen LogP contribution < -0.4 is 4.90 Å². The molecule has 0 radical (unpaired) electrons. The summed E-state index contributed by atoms with van der Waals surface area (Å²) in [6.45, 7) is 7.74. The summed E-state index contributed by atoms with van der Waals surface area (Å²) in [5.41, 5.74) is 4.26. The molecule has 2 aromatic carbocycles. The Bertz CT molecular complexity index is 900. The largest absolute Gasteiger partial charge is 0.363 e. The third-order valence-electron chi connectivity index (χ3n) is 6.25. The second kappa shape index (κ2) is 8.25. The highest BCUT2D eigenvalue weighted by Crippen LogP contribution is 2.33. The number of rotatable bonds is 3. The van der Waals surface area contributed by atoms with Gasteiger partial charge < -0.3 is 9.64 Å². The first kappa shape index (κ1) is 20.0. The van der Waals surface area contributed by atoms with E-state index >= 15 is 0 Å². The predicted molar refractivity (Wildman–Crippen MR) is 112 cm³/mol. The number of carbonyl (C=O) groups excluding carboxylic acids is 1. The minimum atomic E-state index is -0.350. The molecule has 2 aliphatic rings. The maximum Gasteiger partial charge on any atom is 0.253 e. The summed E-state index contributed by atoms with van der Waals surface area (Å²) in [5.74, 6) is -0.422. The Morgan fingerprint density at radius 1 is 1.10 bits per heavy atom. The zero-order chi connectivity index (χ0) is 20.4. The van der Waals surface area contributed by atoms with E-state index in [0.717, 1.165) is 38.9 Å². The molecule has 0 N–H and O–H groups in total. The number of amides is 1. The number of aryl methyl sites for hydroxylation is 2. The van der Waals surface area contributed by atoms with Gasteiger partial charge in [-0.15, -0.1) is 0 Å². The fourth-order valence-electron chi connectivity index (χ4n) is 4.54. The molecule has 4 rings (SSSR count). The molecule has 2 aromatic rings. The summed E-state index contributed by atoms with van der Waals surface area (Å²) >= 11 is 0. The molecule has 2 heterocycles. The Hall–Kier alpha value is -2.24. The van der Waals surface area contributed by atoms with Gasteiger partial charge in [0.1, 0.15) is 12.4 Å². The molecule has 0 aromatic heterocycles. The average Bonchev–Trinajstić information content (AvgIpc) is 2.89. The predicted octanol–water partition coefficient (Wildman–Crippen LogP) is 4.23. The van der Waals surface area contributed by atoms with Crippen molar-refractivity contribution >= 4 is 11.6 Å². The van der Waals surface area contributed by atoms with Crippen LogP contribution in [0, 0.1) is 19.7 Å². The first-order valence-corrected chi connectivity index (χ1v) is 10.4.